The average Bonchev–Trinajstić information content (AvgIpc) is 2.28. The quantitative estimate of drug-likeness (QED) is 0.782. The molecule has 1 N–H and O–H groups in total. The third-order valence-corrected chi connectivity index (χ3v) is 2.02. The van der Waals surface area contributed by atoms with Gasteiger partial charge in [0.1, 0.15) is 6.04 Å². The number of nitrogens with zero attached hydrogens (tertiary/aromatic N) is 3. The van der Waals surface area contributed by atoms with E-state index in [-0.39, 0.29) is 17.2 Å². The number of carbonyl (C=O) groups is 1. The number of carbonyl (C=O) groups excluding carboxylic acids is 1. The first kappa shape index (κ1) is 14.4. The van der Waals surface area contributed by atoms with Crippen LogP contribution >= 0.6 is 11.6 Å². The van der Waals surface area contributed by atoms with E-state index < -0.39 is 12.0 Å². The molecule has 8 heteroatoms. The molecule has 0 amide bonds. The van der Waals surface area contributed by atoms with Crippen LogP contribution in [0.5, 0.6) is 6.01 Å². The first-order chi connectivity index (χ1) is 8.56. The molecule has 100 valence electrons. The van der Waals surface area contributed by atoms with Crippen LogP contribution in [-0.4, -0.2) is 40.2 Å². The van der Waals surface area contributed by atoms with Gasteiger partial charge in [0, 0.05) is 0 Å². The maximum Gasteiger partial charge on any atom is 0.328 e. The molecule has 0 aliphatic rings. The van der Waals surface area contributed by atoms with Crippen molar-refractivity contribution in [1.82, 2.24) is 15.0 Å². The second kappa shape index (κ2) is 6.95. The Bertz CT molecular complexity index is 416. The standard InChI is InChI=1S/C10H15ClN4O3/c1-4-17-7(16)6(3)12-9-13-8(11)14-10(15-9)18-5-2/h6H,4-5H2,1-3H3,(H,12,13,14,15). The van der Waals surface area contributed by atoms with Crippen LogP contribution in [0.4, 0.5) is 5.95 Å². The highest BCUT2D eigenvalue weighted by atomic mass is 35.5. The number of ether oxygens (including phenoxy) is 2. The number of hydrogen-bond acceptors (Lipinski definition) is 7. The minimum absolute atomic E-state index is 0.00740. The molecule has 0 aliphatic heterocycles. The highest BCUT2D eigenvalue weighted by Gasteiger charge is 2.16. The first-order valence-electron chi connectivity index (χ1n) is 5.54. The van der Waals surface area contributed by atoms with Gasteiger partial charge in [-0.15, -0.1) is 0 Å². The van der Waals surface area contributed by atoms with Crippen molar-refractivity contribution in [2.45, 2.75) is 26.8 Å². The monoisotopic (exact) mass is 274 g/mol. The molecule has 1 atom stereocenters. The van der Waals surface area contributed by atoms with Crippen molar-refractivity contribution >= 4 is 23.5 Å². The van der Waals surface area contributed by atoms with E-state index in [4.69, 9.17) is 21.1 Å². The largest absolute Gasteiger partial charge is 0.464 e. The van der Waals surface area contributed by atoms with E-state index in [0.29, 0.717) is 13.2 Å². The molecule has 1 aromatic heterocycles. The zero-order chi connectivity index (χ0) is 13.5. The topological polar surface area (TPSA) is 86.2 Å². The second-order valence-electron chi connectivity index (χ2n) is 3.26. The lowest BCUT2D eigenvalue weighted by Crippen LogP contribution is -2.29. The molecule has 0 bridgehead atoms. The summed E-state index contributed by atoms with van der Waals surface area (Å²) < 4.78 is 9.96. The van der Waals surface area contributed by atoms with Gasteiger partial charge in [-0.05, 0) is 32.4 Å². The van der Waals surface area contributed by atoms with Gasteiger partial charge >= 0.3 is 12.0 Å². The summed E-state index contributed by atoms with van der Waals surface area (Å²) in [5.41, 5.74) is 0. The van der Waals surface area contributed by atoms with Crippen LogP contribution in [0, 0.1) is 0 Å². The number of aromatic nitrogens is 3. The van der Waals surface area contributed by atoms with Crippen molar-refractivity contribution < 1.29 is 14.3 Å². The highest BCUT2D eigenvalue weighted by molar-refractivity contribution is 6.28. The molecule has 0 saturated carbocycles. The summed E-state index contributed by atoms with van der Waals surface area (Å²) in [6.45, 7) is 5.89. The third kappa shape index (κ3) is 4.33. The Hall–Kier alpha value is -1.63. The Labute approximate surface area is 110 Å². The van der Waals surface area contributed by atoms with Crippen LogP contribution < -0.4 is 10.1 Å². The van der Waals surface area contributed by atoms with Crippen LogP contribution in [0.3, 0.4) is 0 Å². The van der Waals surface area contributed by atoms with E-state index >= 15 is 0 Å². The Morgan fingerprint density at radius 2 is 2.06 bits per heavy atom. The molecule has 1 rings (SSSR count). The lowest BCUT2D eigenvalue weighted by Gasteiger charge is -2.12. The van der Waals surface area contributed by atoms with Gasteiger partial charge in [-0.25, -0.2) is 4.79 Å². The molecule has 0 saturated heterocycles. The Morgan fingerprint density at radius 3 is 2.67 bits per heavy atom. The molecule has 0 radical (unpaired) electrons. The first-order valence-corrected chi connectivity index (χ1v) is 5.92. The molecular weight excluding hydrogens is 260 g/mol. The summed E-state index contributed by atoms with van der Waals surface area (Å²) in [5, 5.41) is 2.76. The number of rotatable bonds is 6. The number of nitrogens with one attached hydrogen (secondary N) is 1. The maximum atomic E-state index is 11.4. The molecule has 18 heavy (non-hydrogen) atoms. The van der Waals surface area contributed by atoms with E-state index in [1.54, 1.807) is 20.8 Å². The number of halogens is 1. The van der Waals surface area contributed by atoms with Crippen molar-refractivity contribution in [1.29, 1.82) is 0 Å². The SMILES string of the molecule is CCOC(=O)C(C)Nc1nc(Cl)nc(OCC)n1. The van der Waals surface area contributed by atoms with Gasteiger partial charge in [-0.1, -0.05) is 0 Å². The number of hydrogen-bond donors (Lipinski definition) is 1. The third-order valence-electron chi connectivity index (χ3n) is 1.85. The molecule has 7 nitrogen and oxygen atoms in total. The lowest BCUT2D eigenvalue weighted by atomic mass is 10.3. The fraction of sp³-hybridized carbons (Fsp3) is 0.600. The fourth-order valence-corrected chi connectivity index (χ4v) is 1.26. The van der Waals surface area contributed by atoms with Gasteiger partial charge in [0.05, 0.1) is 13.2 Å². The summed E-state index contributed by atoms with van der Waals surface area (Å²) in [4.78, 5) is 23.0. The van der Waals surface area contributed by atoms with Crippen molar-refractivity contribution in [3.05, 3.63) is 5.28 Å². The van der Waals surface area contributed by atoms with Gasteiger partial charge in [-0.2, -0.15) is 15.0 Å². The lowest BCUT2D eigenvalue weighted by molar-refractivity contribution is -0.143. The van der Waals surface area contributed by atoms with E-state index in [1.807, 2.05) is 0 Å². The summed E-state index contributed by atoms with van der Waals surface area (Å²) in [5.74, 6) is -0.231. The number of esters is 1. The Morgan fingerprint density at radius 1 is 1.33 bits per heavy atom. The minimum atomic E-state index is -0.585. The van der Waals surface area contributed by atoms with Crippen molar-refractivity contribution in [3.63, 3.8) is 0 Å². The van der Waals surface area contributed by atoms with Gasteiger partial charge in [0.25, 0.3) is 0 Å². The Kier molecular flexibility index (Phi) is 5.57. The van der Waals surface area contributed by atoms with Gasteiger partial charge < -0.3 is 14.8 Å². The van der Waals surface area contributed by atoms with E-state index in [1.165, 1.54) is 0 Å². The maximum absolute atomic E-state index is 11.4. The summed E-state index contributed by atoms with van der Waals surface area (Å²) in [6, 6.07) is -0.478. The second-order valence-corrected chi connectivity index (χ2v) is 3.60. The highest BCUT2D eigenvalue weighted by Crippen LogP contribution is 2.12. The van der Waals surface area contributed by atoms with E-state index in [9.17, 15) is 4.79 Å². The van der Waals surface area contributed by atoms with Gasteiger partial charge in [-0.3, -0.25) is 0 Å². The predicted molar refractivity (Wildman–Crippen MR) is 65.7 cm³/mol. The van der Waals surface area contributed by atoms with Gasteiger partial charge in [0.2, 0.25) is 11.2 Å². The molecule has 0 fully saturated rings. The normalized spacial score (nSPS) is 11.8. The van der Waals surface area contributed by atoms with Crippen LogP contribution in [0.1, 0.15) is 20.8 Å². The summed E-state index contributed by atoms with van der Waals surface area (Å²) in [7, 11) is 0. The number of anilines is 1. The van der Waals surface area contributed by atoms with Crippen molar-refractivity contribution in [3.8, 4) is 6.01 Å². The van der Waals surface area contributed by atoms with Crippen LogP contribution in [0.25, 0.3) is 0 Å². The van der Waals surface area contributed by atoms with Crippen molar-refractivity contribution in [2.75, 3.05) is 18.5 Å². The molecule has 0 spiro atoms. The Balaban J connectivity index is 2.74. The fourth-order valence-electron chi connectivity index (χ4n) is 1.11. The molecule has 1 unspecified atom stereocenters. The average molecular weight is 275 g/mol. The van der Waals surface area contributed by atoms with Crippen molar-refractivity contribution in [2.24, 2.45) is 0 Å². The van der Waals surface area contributed by atoms with Gasteiger partial charge in [0.15, 0.2) is 0 Å². The summed E-state index contributed by atoms with van der Waals surface area (Å²) >= 11 is 5.71. The van der Waals surface area contributed by atoms with Crippen LogP contribution in [0.2, 0.25) is 5.28 Å². The molecule has 0 aromatic carbocycles. The minimum Gasteiger partial charge on any atom is -0.464 e. The molecule has 1 heterocycles. The van der Waals surface area contributed by atoms with Crippen LogP contribution in [-0.2, 0) is 9.53 Å². The predicted octanol–water partition coefficient (Wildman–Crippen LogP) is 1.29. The summed E-state index contributed by atoms with van der Waals surface area (Å²) in [6.07, 6.45) is 0. The molecule has 1 aromatic rings. The smallest absolute Gasteiger partial charge is 0.328 e. The molecular formula is C10H15ClN4O3. The zero-order valence-corrected chi connectivity index (χ0v) is 11.2. The van der Waals surface area contributed by atoms with Crippen LogP contribution in [0.15, 0.2) is 0 Å². The van der Waals surface area contributed by atoms with E-state index in [2.05, 4.69) is 20.3 Å². The molecule has 0 aliphatic carbocycles. The zero-order valence-electron chi connectivity index (χ0n) is 10.4. The van der Waals surface area contributed by atoms with E-state index in [0.717, 1.165) is 0 Å².